The average molecular weight is 228 g/mol. The zero-order valence-corrected chi connectivity index (χ0v) is 9.08. The summed E-state index contributed by atoms with van der Waals surface area (Å²) in [7, 11) is 0. The molecule has 4 heteroatoms. The van der Waals surface area contributed by atoms with Gasteiger partial charge in [-0.05, 0) is 31.0 Å². The summed E-state index contributed by atoms with van der Waals surface area (Å²) < 4.78 is 30.6. The van der Waals surface area contributed by atoms with E-state index in [1.807, 2.05) is 0 Å². The maximum Gasteiger partial charge on any atom is 0.264 e. The Morgan fingerprint density at radius 1 is 1.44 bits per heavy atom. The van der Waals surface area contributed by atoms with Gasteiger partial charge in [0.25, 0.3) is 6.43 Å². The Bertz CT molecular complexity index is 351. The molecule has 0 atom stereocenters. The van der Waals surface area contributed by atoms with Crippen molar-refractivity contribution in [2.45, 2.75) is 26.2 Å². The van der Waals surface area contributed by atoms with E-state index in [1.54, 1.807) is 19.1 Å². The smallest absolute Gasteiger partial charge is 0.264 e. The van der Waals surface area contributed by atoms with Gasteiger partial charge in [0.2, 0.25) is 0 Å². The van der Waals surface area contributed by atoms with Crippen LogP contribution in [0.15, 0.2) is 18.2 Å². The number of benzene rings is 1. The summed E-state index contributed by atoms with van der Waals surface area (Å²) in [6, 6.07) is 4.58. The third-order valence-corrected chi connectivity index (χ3v) is 2.19. The molecule has 0 spiro atoms. The van der Waals surface area contributed by atoms with Crippen LogP contribution in [0.25, 0.3) is 0 Å². The summed E-state index contributed by atoms with van der Waals surface area (Å²) >= 11 is 0. The SMILES string of the molecule is CCOc1ccc(CCC=O)c(C(F)F)c1. The van der Waals surface area contributed by atoms with Gasteiger partial charge in [-0.2, -0.15) is 0 Å². The lowest BCUT2D eigenvalue weighted by Gasteiger charge is -2.10. The first-order valence-corrected chi connectivity index (χ1v) is 5.16. The van der Waals surface area contributed by atoms with Crippen molar-refractivity contribution in [2.24, 2.45) is 0 Å². The zero-order chi connectivity index (χ0) is 12.0. The molecule has 2 nitrogen and oxygen atoms in total. The van der Waals surface area contributed by atoms with Crippen LogP contribution in [0.4, 0.5) is 8.78 Å². The molecule has 0 aliphatic heterocycles. The van der Waals surface area contributed by atoms with Crippen LogP contribution in [0.3, 0.4) is 0 Å². The van der Waals surface area contributed by atoms with Gasteiger partial charge < -0.3 is 9.53 Å². The first-order chi connectivity index (χ1) is 7.69. The zero-order valence-electron chi connectivity index (χ0n) is 9.08. The predicted octanol–water partition coefficient (Wildman–Crippen LogP) is 3.15. The molecule has 0 bridgehead atoms. The van der Waals surface area contributed by atoms with E-state index in [0.29, 0.717) is 24.3 Å². The molecular formula is C12H14F2O2. The van der Waals surface area contributed by atoms with E-state index in [-0.39, 0.29) is 12.0 Å². The van der Waals surface area contributed by atoms with Crippen molar-refractivity contribution >= 4 is 6.29 Å². The number of aldehydes is 1. The fraction of sp³-hybridized carbons (Fsp3) is 0.417. The highest BCUT2D eigenvalue weighted by Gasteiger charge is 2.13. The summed E-state index contributed by atoms with van der Waals surface area (Å²) in [4.78, 5) is 10.2. The van der Waals surface area contributed by atoms with Crippen LogP contribution >= 0.6 is 0 Å². The minimum atomic E-state index is -2.54. The van der Waals surface area contributed by atoms with Crippen molar-refractivity contribution in [2.75, 3.05) is 6.61 Å². The summed E-state index contributed by atoms with van der Waals surface area (Å²) in [5.74, 6) is 0.438. The molecule has 1 rings (SSSR count). The van der Waals surface area contributed by atoms with Gasteiger partial charge >= 0.3 is 0 Å². The van der Waals surface area contributed by atoms with Gasteiger partial charge in [-0.15, -0.1) is 0 Å². The molecule has 0 heterocycles. The monoisotopic (exact) mass is 228 g/mol. The topological polar surface area (TPSA) is 26.3 Å². The van der Waals surface area contributed by atoms with E-state index in [9.17, 15) is 13.6 Å². The number of halogens is 2. The number of ether oxygens (including phenoxy) is 1. The maximum absolute atomic E-state index is 12.7. The number of aryl methyl sites for hydroxylation is 1. The van der Waals surface area contributed by atoms with Gasteiger partial charge in [-0.25, -0.2) is 8.78 Å². The minimum Gasteiger partial charge on any atom is -0.494 e. The van der Waals surface area contributed by atoms with E-state index in [2.05, 4.69) is 0 Å². The molecule has 0 aliphatic carbocycles. The number of alkyl halides is 2. The fourth-order valence-corrected chi connectivity index (χ4v) is 1.47. The highest BCUT2D eigenvalue weighted by atomic mass is 19.3. The van der Waals surface area contributed by atoms with Crippen LogP contribution in [0, 0.1) is 0 Å². The maximum atomic E-state index is 12.7. The Hall–Kier alpha value is -1.45. The lowest BCUT2D eigenvalue weighted by Crippen LogP contribution is -1.98. The molecule has 16 heavy (non-hydrogen) atoms. The molecule has 1 aromatic rings. The summed E-state index contributed by atoms with van der Waals surface area (Å²) in [5.41, 5.74) is 0.457. The van der Waals surface area contributed by atoms with E-state index in [0.717, 1.165) is 6.29 Å². The Balaban J connectivity index is 2.94. The standard InChI is InChI=1S/C12H14F2O2/c1-2-16-10-6-5-9(4-3-7-15)11(8-10)12(13)14/h5-8,12H,2-4H2,1H3. The summed E-state index contributed by atoms with van der Waals surface area (Å²) in [5, 5.41) is 0. The molecule has 0 unspecified atom stereocenters. The minimum absolute atomic E-state index is 0.0483. The second-order valence-corrected chi connectivity index (χ2v) is 3.30. The van der Waals surface area contributed by atoms with Crippen LogP contribution in [0.2, 0.25) is 0 Å². The Morgan fingerprint density at radius 3 is 2.75 bits per heavy atom. The van der Waals surface area contributed by atoms with Crippen LogP contribution in [0.1, 0.15) is 30.9 Å². The first kappa shape index (κ1) is 12.6. The molecule has 88 valence electrons. The quantitative estimate of drug-likeness (QED) is 0.699. The van der Waals surface area contributed by atoms with Gasteiger partial charge in [0.05, 0.1) is 6.61 Å². The van der Waals surface area contributed by atoms with Crippen LogP contribution in [0.5, 0.6) is 5.75 Å². The predicted molar refractivity (Wildman–Crippen MR) is 57.0 cm³/mol. The summed E-state index contributed by atoms with van der Waals surface area (Å²) in [6.45, 7) is 2.23. The van der Waals surface area contributed by atoms with Crippen molar-refractivity contribution in [1.82, 2.24) is 0 Å². The van der Waals surface area contributed by atoms with Gasteiger partial charge in [0.15, 0.2) is 0 Å². The van der Waals surface area contributed by atoms with E-state index in [4.69, 9.17) is 4.74 Å². The van der Waals surface area contributed by atoms with Crippen molar-refractivity contribution in [3.8, 4) is 5.75 Å². The third-order valence-electron chi connectivity index (χ3n) is 2.19. The second-order valence-electron chi connectivity index (χ2n) is 3.30. The van der Waals surface area contributed by atoms with Crippen molar-refractivity contribution in [1.29, 1.82) is 0 Å². The van der Waals surface area contributed by atoms with Gasteiger partial charge in [0.1, 0.15) is 12.0 Å². The van der Waals surface area contributed by atoms with Gasteiger partial charge in [0, 0.05) is 12.0 Å². The Kier molecular flexibility index (Phi) is 4.89. The molecular weight excluding hydrogens is 214 g/mol. The van der Waals surface area contributed by atoms with E-state index < -0.39 is 6.43 Å². The van der Waals surface area contributed by atoms with Crippen molar-refractivity contribution in [3.63, 3.8) is 0 Å². The molecule has 0 saturated heterocycles. The Morgan fingerprint density at radius 2 is 2.19 bits per heavy atom. The van der Waals surface area contributed by atoms with Crippen LogP contribution < -0.4 is 4.74 Å². The molecule has 0 saturated carbocycles. The Labute approximate surface area is 93.2 Å². The van der Waals surface area contributed by atoms with Crippen molar-refractivity contribution < 1.29 is 18.3 Å². The number of hydrogen-bond acceptors (Lipinski definition) is 2. The number of rotatable bonds is 6. The number of carbonyl (C=O) groups is 1. The lowest BCUT2D eigenvalue weighted by molar-refractivity contribution is -0.107. The highest BCUT2D eigenvalue weighted by molar-refractivity contribution is 5.50. The highest BCUT2D eigenvalue weighted by Crippen LogP contribution is 2.27. The average Bonchev–Trinajstić information content (AvgIpc) is 2.27. The number of carbonyl (C=O) groups excluding carboxylic acids is 1. The molecule has 0 aliphatic rings. The molecule has 0 radical (unpaired) electrons. The lowest BCUT2D eigenvalue weighted by atomic mass is 10.0. The van der Waals surface area contributed by atoms with Crippen LogP contribution in [-0.2, 0) is 11.2 Å². The summed E-state index contributed by atoms with van der Waals surface area (Å²) in [6.07, 6.45) is -1.21. The molecule has 0 amide bonds. The van der Waals surface area contributed by atoms with Crippen LogP contribution in [-0.4, -0.2) is 12.9 Å². The van der Waals surface area contributed by atoms with Gasteiger partial charge in [-0.3, -0.25) is 0 Å². The first-order valence-electron chi connectivity index (χ1n) is 5.16. The molecule has 0 fully saturated rings. The molecule has 1 aromatic carbocycles. The largest absolute Gasteiger partial charge is 0.494 e. The van der Waals surface area contributed by atoms with Gasteiger partial charge in [-0.1, -0.05) is 6.07 Å². The van der Waals surface area contributed by atoms with E-state index >= 15 is 0 Å². The second kappa shape index (κ2) is 6.20. The fourth-order valence-electron chi connectivity index (χ4n) is 1.47. The van der Waals surface area contributed by atoms with Crippen molar-refractivity contribution in [3.05, 3.63) is 29.3 Å². The normalized spacial score (nSPS) is 10.5. The third kappa shape index (κ3) is 3.29. The number of hydrogen-bond donors (Lipinski definition) is 0. The van der Waals surface area contributed by atoms with E-state index in [1.165, 1.54) is 6.07 Å². The molecule has 0 aromatic heterocycles. The molecule has 0 N–H and O–H groups in total.